The van der Waals surface area contributed by atoms with Crippen molar-refractivity contribution in [3.8, 4) is 0 Å². The molecule has 0 bridgehead atoms. The van der Waals surface area contributed by atoms with E-state index in [-0.39, 0.29) is 4.90 Å². The molecule has 14 heavy (non-hydrogen) atoms. The second-order valence-electron chi connectivity index (χ2n) is 2.72. The number of aryl methyl sites for hydroxylation is 1. The molecule has 0 aliphatic carbocycles. The van der Waals surface area contributed by atoms with Gasteiger partial charge in [-0.1, -0.05) is 0 Å². The molecule has 1 unspecified atom stereocenters. The van der Waals surface area contributed by atoms with Gasteiger partial charge in [-0.05, 0) is 0 Å². The Morgan fingerprint density at radius 1 is 1.64 bits per heavy atom. The third-order valence-electron chi connectivity index (χ3n) is 1.62. The molecule has 8 heteroatoms. The molecule has 0 saturated carbocycles. The number of nitrogens with zero attached hydrogens (tertiary/aromatic N) is 2. The zero-order valence-electron chi connectivity index (χ0n) is 7.41. The molecule has 0 aromatic carbocycles. The molecule has 4 N–H and O–H groups in total. The molecule has 0 fully saturated rings. The van der Waals surface area contributed by atoms with E-state index in [4.69, 9.17) is 11.5 Å². The highest BCUT2D eigenvalue weighted by atomic mass is 32.2. The standard InChI is InChI=1S/C6H10N4O3S/c1-10-3-4(2-9-10)14(12,13)6(8)5(7)11/h2-3,6H,8H2,1H3,(H2,7,11). The van der Waals surface area contributed by atoms with Crippen molar-refractivity contribution in [1.82, 2.24) is 9.78 Å². The summed E-state index contributed by atoms with van der Waals surface area (Å²) in [5.74, 6) is -1.09. The number of sulfone groups is 1. The van der Waals surface area contributed by atoms with Crippen LogP contribution >= 0.6 is 0 Å². The molecule has 78 valence electrons. The number of hydrogen-bond donors (Lipinski definition) is 2. The highest BCUT2D eigenvalue weighted by Gasteiger charge is 2.29. The maximum atomic E-state index is 11.5. The van der Waals surface area contributed by atoms with Crippen molar-refractivity contribution >= 4 is 15.7 Å². The first-order valence-corrected chi connectivity index (χ1v) is 5.18. The number of amides is 1. The van der Waals surface area contributed by atoms with Gasteiger partial charge in [0.15, 0.2) is 5.37 Å². The lowest BCUT2D eigenvalue weighted by molar-refractivity contribution is -0.117. The van der Waals surface area contributed by atoms with Crippen LogP contribution in [0.25, 0.3) is 0 Å². The Morgan fingerprint density at radius 3 is 2.57 bits per heavy atom. The van der Waals surface area contributed by atoms with Gasteiger partial charge in [0.1, 0.15) is 4.90 Å². The Balaban J connectivity index is 3.15. The topological polar surface area (TPSA) is 121 Å². The van der Waals surface area contributed by atoms with E-state index in [9.17, 15) is 13.2 Å². The van der Waals surface area contributed by atoms with Crippen molar-refractivity contribution in [3.63, 3.8) is 0 Å². The fraction of sp³-hybridized carbons (Fsp3) is 0.333. The van der Waals surface area contributed by atoms with Crippen LogP contribution in [0.2, 0.25) is 0 Å². The number of carbonyl (C=O) groups excluding carboxylic acids is 1. The molecule has 0 aliphatic heterocycles. The summed E-state index contributed by atoms with van der Waals surface area (Å²) in [6.07, 6.45) is 2.36. The summed E-state index contributed by atoms with van der Waals surface area (Å²) in [6, 6.07) is 0. The Labute approximate surface area is 80.6 Å². The number of aromatic nitrogens is 2. The molecular weight excluding hydrogens is 208 g/mol. The predicted octanol–water partition coefficient (Wildman–Crippen LogP) is -2.04. The molecule has 0 aliphatic rings. The molecule has 0 radical (unpaired) electrons. The molecule has 1 heterocycles. The van der Waals surface area contributed by atoms with Gasteiger partial charge < -0.3 is 11.5 Å². The summed E-state index contributed by atoms with van der Waals surface area (Å²) in [5, 5.41) is 1.92. The highest BCUT2D eigenvalue weighted by Crippen LogP contribution is 2.11. The zero-order chi connectivity index (χ0) is 10.9. The largest absolute Gasteiger partial charge is 0.367 e. The Morgan fingerprint density at radius 2 is 2.21 bits per heavy atom. The quantitative estimate of drug-likeness (QED) is 0.605. The molecule has 1 aromatic heterocycles. The second-order valence-corrected chi connectivity index (χ2v) is 4.79. The van der Waals surface area contributed by atoms with Gasteiger partial charge in [-0.25, -0.2) is 8.42 Å². The van der Waals surface area contributed by atoms with Crippen LogP contribution < -0.4 is 11.5 Å². The average molecular weight is 218 g/mol. The van der Waals surface area contributed by atoms with Crippen LogP contribution in [-0.4, -0.2) is 29.5 Å². The van der Waals surface area contributed by atoms with Crippen LogP contribution in [0.5, 0.6) is 0 Å². The van der Waals surface area contributed by atoms with Crippen molar-refractivity contribution in [2.24, 2.45) is 18.5 Å². The van der Waals surface area contributed by atoms with Crippen LogP contribution in [0.1, 0.15) is 0 Å². The van der Waals surface area contributed by atoms with Crippen LogP contribution in [0.3, 0.4) is 0 Å². The van der Waals surface area contributed by atoms with E-state index in [0.717, 1.165) is 6.20 Å². The van der Waals surface area contributed by atoms with E-state index in [2.05, 4.69) is 5.10 Å². The van der Waals surface area contributed by atoms with Crippen LogP contribution in [0.4, 0.5) is 0 Å². The number of hydrogen-bond acceptors (Lipinski definition) is 5. The number of carbonyl (C=O) groups is 1. The van der Waals surface area contributed by atoms with E-state index in [0.29, 0.717) is 0 Å². The summed E-state index contributed by atoms with van der Waals surface area (Å²) in [6.45, 7) is 0. The molecule has 1 amide bonds. The Kier molecular flexibility index (Phi) is 2.58. The molecule has 0 spiro atoms. The lowest BCUT2D eigenvalue weighted by Crippen LogP contribution is -2.42. The van der Waals surface area contributed by atoms with Crippen molar-refractivity contribution < 1.29 is 13.2 Å². The minimum atomic E-state index is -3.90. The minimum absolute atomic E-state index is 0.119. The van der Waals surface area contributed by atoms with Crippen molar-refractivity contribution in [3.05, 3.63) is 12.4 Å². The number of primary amides is 1. The maximum Gasteiger partial charge on any atom is 0.250 e. The van der Waals surface area contributed by atoms with E-state index in [1.807, 2.05) is 0 Å². The zero-order valence-corrected chi connectivity index (χ0v) is 8.23. The second kappa shape index (κ2) is 3.39. The van der Waals surface area contributed by atoms with Crippen molar-refractivity contribution in [2.75, 3.05) is 0 Å². The summed E-state index contributed by atoms with van der Waals surface area (Å²) < 4.78 is 24.3. The minimum Gasteiger partial charge on any atom is -0.367 e. The lowest BCUT2D eigenvalue weighted by Gasteiger charge is -2.06. The Bertz CT molecular complexity index is 449. The van der Waals surface area contributed by atoms with Crippen LogP contribution in [0, 0.1) is 0 Å². The molecule has 0 saturated heterocycles. The van der Waals surface area contributed by atoms with Crippen LogP contribution in [0.15, 0.2) is 17.3 Å². The normalized spacial score (nSPS) is 13.9. The van der Waals surface area contributed by atoms with Gasteiger partial charge in [0.2, 0.25) is 15.7 Å². The third-order valence-corrected chi connectivity index (χ3v) is 3.39. The summed E-state index contributed by atoms with van der Waals surface area (Å²) in [5.41, 5.74) is 9.93. The first kappa shape index (κ1) is 10.7. The summed E-state index contributed by atoms with van der Waals surface area (Å²) >= 11 is 0. The van der Waals surface area contributed by atoms with E-state index in [1.54, 1.807) is 7.05 Å². The van der Waals surface area contributed by atoms with E-state index in [1.165, 1.54) is 10.9 Å². The van der Waals surface area contributed by atoms with E-state index >= 15 is 0 Å². The molecular formula is C6H10N4O3S. The summed E-state index contributed by atoms with van der Waals surface area (Å²) in [7, 11) is -2.35. The van der Waals surface area contributed by atoms with Gasteiger partial charge >= 0.3 is 0 Å². The predicted molar refractivity (Wildman–Crippen MR) is 47.6 cm³/mol. The Hall–Kier alpha value is -1.41. The number of nitrogens with two attached hydrogens (primary N) is 2. The molecule has 1 aromatic rings. The molecule has 7 nitrogen and oxygen atoms in total. The fourth-order valence-electron chi connectivity index (χ4n) is 0.845. The van der Waals surface area contributed by atoms with Gasteiger partial charge in [-0.2, -0.15) is 5.10 Å². The maximum absolute atomic E-state index is 11.5. The van der Waals surface area contributed by atoms with Gasteiger partial charge in [0.25, 0.3) is 0 Å². The number of rotatable bonds is 3. The van der Waals surface area contributed by atoms with Gasteiger partial charge in [0.05, 0.1) is 6.20 Å². The summed E-state index contributed by atoms with van der Waals surface area (Å²) in [4.78, 5) is 10.5. The monoisotopic (exact) mass is 218 g/mol. The SMILES string of the molecule is Cn1cc(S(=O)(=O)C(N)C(N)=O)cn1. The highest BCUT2D eigenvalue weighted by molar-refractivity contribution is 7.92. The molecule has 1 atom stereocenters. The lowest BCUT2D eigenvalue weighted by atomic mass is 10.6. The van der Waals surface area contributed by atoms with Crippen LogP contribution in [-0.2, 0) is 21.7 Å². The fourth-order valence-corrected chi connectivity index (χ4v) is 1.94. The molecule has 1 rings (SSSR count). The van der Waals surface area contributed by atoms with Gasteiger partial charge in [-0.15, -0.1) is 0 Å². The first-order chi connectivity index (χ1) is 6.35. The van der Waals surface area contributed by atoms with Gasteiger partial charge in [0, 0.05) is 13.2 Å². The van der Waals surface area contributed by atoms with E-state index < -0.39 is 21.1 Å². The third kappa shape index (κ3) is 1.75. The van der Waals surface area contributed by atoms with Gasteiger partial charge in [-0.3, -0.25) is 9.48 Å². The average Bonchev–Trinajstić information content (AvgIpc) is 2.50. The van der Waals surface area contributed by atoms with Crippen molar-refractivity contribution in [2.45, 2.75) is 10.3 Å². The first-order valence-electron chi connectivity index (χ1n) is 3.63. The van der Waals surface area contributed by atoms with Crippen molar-refractivity contribution in [1.29, 1.82) is 0 Å². The smallest absolute Gasteiger partial charge is 0.250 e.